The summed E-state index contributed by atoms with van der Waals surface area (Å²) >= 11 is 5.74. The van der Waals surface area contributed by atoms with Crippen molar-refractivity contribution in [1.82, 2.24) is 19.3 Å². The largest absolute Gasteiger partial charge is 0.472 e. The van der Waals surface area contributed by atoms with Crippen LogP contribution in [0.5, 0.6) is 5.88 Å². The van der Waals surface area contributed by atoms with Gasteiger partial charge < -0.3 is 9.94 Å². The lowest BCUT2D eigenvalue weighted by molar-refractivity contribution is 0.243. The highest BCUT2D eigenvalue weighted by molar-refractivity contribution is 7.87. The average Bonchev–Trinajstić information content (AvgIpc) is 3.10. The van der Waals surface area contributed by atoms with E-state index >= 15 is 0 Å². The second-order valence-corrected chi connectivity index (χ2v) is 7.66. The van der Waals surface area contributed by atoms with E-state index in [1.807, 2.05) is 0 Å². The molecular formula is C14H17ClFN5O5S. The summed E-state index contributed by atoms with van der Waals surface area (Å²) < 4.78 is 49.6. The van der Waals surface area contributed by atoms with Crippen molar-refractivity contribution in [3.8, 4) is 5.88 Å². The van der Waals surface area contributed by atoms with Crippen LogP contribution in [0.1, 0.15) is 11.3 Å². The van der Waals surface area contributed by atoms with Crippen molar-refractivity contribution >= 4 is 27.5 Å². The predicted molar refractivity (Wildman–Crippen MR) is 93.8 cm³/mol. The van der Waals surface area contributed by atoms with Crippen LogP contribution in [0.2, 0.25) is 5.02 Å². The zero-order valence-corrected chi connectivity index (χ0v) is 16.0. The van der Waals surface area contributed by atoms with Crippen LogP contribution in [-0.2, 0) is 16.6 Å². The van der Waals surface area contributed by atoms with Crippen LogP contribution >= 0.6 is 11.6 Å². The molecule has 1 heterocycles. The Morgan fingerprint density at radius 3 is 2.85 bits per heavy atom. The third-order valence-corrected chi connectivity index (χ3v) is 5.33. The van der Waals surface area contributed by atoms with Gasteiger partial charge in [0.15, 0.2) is 5.69 Å². The molecular weight excluding hydrogens is 405 g/mol. The van der Waals surface area contributed by atoms with Crippen molar-refractivity contribution in [2.75, 3.05) is 27.2 Å². The molecule has 0 spiro atoms. The van der Waals surface area contributed by atoms with Crippen molar-refractivity contribution in [1.29, 1.82) is 0 Å². The van der Waals surface area contributed by atoms with Crippen LogP contribution in [0.25, 0.3) is 0 Å². The molecule has 0 amide bonds. The smallest absolute Gasteiger partial charge is 0.285 e. The van der Waals surface area contributed by atoms with Gasteiger partial charge in [-0.3, -0.25) is 0 Å². The van der Waals surface area contributed by atoms with Gasteiger partial charge in [-0.25, -0.2) is 13.7 Å². The van der Waals surface area contributed by atoms with Crippen molar-refractivity contribution in [3.63, 3.8) is 0 Å². The van der Waals surface area contributed by atoms with E-state index in [-0.39, 0.29) is 41.9 Å². The summed E-state index contributed by atoms with van der Waals surface area (Å²) in [5.74, 6) is -0.651. The number of benzene rings is 1. The SMILES string of the molecule is CNS(=O)(=O)N(C)CCOc1nonc1C(Cc1ccc(F)c(Cl)c1)=NO. The molecule has 0 bridgehead atoms. The van der Waals surface area contributed by atoms with Gasteiger partial charge in [0.25, 0.3) is 16.1 Å². The molecule has 0 fully saturated rings. The van der Waals surface area contributed by atoms with Crippen LogP contribution < -0.4 is 9.46 Å². The van der Waals surface area contributed by atoms with Crippen molar-refractivity contribution in [2.24, 2.45) is 5.16 Å². The molecule has 0 aliphatic heterocycles. The molecule has 2 rings (SSSR count). The first kappa shape index (κ1) is 21.0. The summed E-state index contributed by atoms with van der Waals surface area (Å²) in [6.45, 7) is -0.0334. The monoisotopic (exact) mass is 421 g/mol. The normalized spacial score (nSPS) is 12.6. The summed E-state index contributed by atoms with van der Waals surface area (Å²) in [4.78, 5) is 0. The van der Waals surface area contributed by atoms with E-state index in [2.05, 4.69) is 24.8 Å². The van der Waals surface area contributed by atoms with E-state index in [9.17, 15) is 18.0 Å². The third-order valence-electron chi connectivity index (χ3n) is 3.52. The molecule has 27 heavy (non-hydrogen) atoms. The predicted octanol–water partition coefficient (Wildman–Crippen LogP) is 1.06. The van der Waals surface area contributed by atoms with Gasteiger partial charge in [-0.05, 0) is 28.0 Å². The van der Waals surface area contributed by atoms with Gasteiger partial charge in [-0.2, -0.15) is 12.7 Å². The summed E-state index contributed by atoms with van der Waals surface area (Å²) in [5, 5.41) is 19.6. The highest BCUT2D eigenvalue weighted by Crippen LogP contribution is 2.20. The molecule has 0 unspecified atom stereocenters. The van der Waals surface area contributed by atoms with Crippen LogP contribution in [0.3, 0.4) is 0 Å². The molecule has 0 radical (unpaired) electrons. The number of halogens is 2. The third kappa shape index (κ3) is 5.35. The Balaban J connectivity index is 2.06. The number of ether oxygens (including phenoxy) is 1. The number of hydrogen-bond acceptors (Lipinski definition) is 8. The van der Waals surface area contributed by atoms with E-state index in [4.69, 9.17) is 16.3 Å². The molecule has 1 aromatic carbocycles. The van der Waals surface area contributed by atoms with E-state index in [0.29, 0.717) is 5.56 Å². The highest BCUT2D eigenvalue weighted by atomic mass is 35.5. The minimum absolute atomic E-state index is 0.0225. The van der Waals surface area contributed by atoms with Crippen molar-refractivity contribution in [3.05, 3.63) is 40.3 Å². The molecule has 148 valence electrons. The van der Waals surface area contributed by atoms with Gasteiger partial charge in [0, 0.05) is 27.1 Å². The lowest BCUT2D eigenvalue weighted by Crippen LogP contribution is -2.38. The number of rotatable bonds is 9. The van der Waals surface area contributed by atoms with E-state index in [1.54, 1.807) is 0 Å². The quantitative estimate of drug-likeness (QED) is 0.351. The Hall–Kier alpha value is -2.28. The molecule has 10 nitrogen and oxygen atoms in total. The number of likely N-dealkylation sites (N-methyl/N-ethyl adjacent to an activating group) is 1. The Morgan fingerprint density at radius 1 is 1.48 bits per heavy atom. The zero-order chi connectivity index (χ0) is 20.0. The van der Waals surface area contributed by atoms with E-state index in [1.165, 1.54) is 32.3 Å². The first-order valence-electron chi connectivity index (χ1n) is 7.54. The summed E-state index contributed by atoms with van der Waals surface area (Å²) in [7, 11) is -0.921. The van der Waals surface area contributed by atoms with Gasteiger partial charge in [0.2, 0.25) is 0 Å². The van der Waals surface area contributed by atoms with Crippen LogP contribution in [-0.4, -0.2) is 61.2 Å². The molecule has 0 aliphatic rings. The number of nitrogens with zero attached hydrogens (tertiary/aromatic N) is 4. The van der Waals surface area contributed by atoms with Crippen LogP contribution in [0.15, 0.2) is 28.0 Å². The molecule has 2 N–H and O–H groups in total. The van der Waals surface area contributed by atoms with Gasteiger partial charge in [0.05, 0.1) is 5.02 Å². The number of aromatic nitrogens is 2. The average molecular weight is 422 g/mol. The maximum Gasteiger partial charge on any atom is 0.285 e. The fourth-order valence-corrected chi connectivity index (χ4v) is 2.84. The molecule has 0 aliphatic carbocycles. The first-order valence-corrected chi connectivity index (χ1v) is 9.35. The Labute approximate surface area is 159 Å². The molecule has 1 aromatic heterocycles. The molecule has 0 saturated heterocycles. The van der Waals surface area contributed by atoms with Crippen LogP contribution in [0.4, 0.5) is 4.39 Å². The van der Waals surface area contributed by atoms with Crippen LogP contribution in [0, 0.1) is 5.82 Å². The molecule has 2 aromatic rings. The number of nitrogens with one attached hydrogen (secondary N) is 1. The number of oxime groups is 1. The van der Waals surface area contributed by atoms with E-state index < -0.39 is 16.0 Å². The first-order chi connectivity index (χ1) is 12.8. The topological polar surface area (TPSA) is 130 Å². The Kier molecular flexibility index (Phi) is 7.07. The molecule has 0 atom stereocenters. The number of hydrogen-bond donors (Lipinski definition) is 2. The second kappa shape index (κ2) is 9.08. The van der Waals surface area contributed by atoms with E-state index in [0.717, 1.165) is 4.31 Å². The lowest BCUT2D eigenvalue weighted by atomic mass is 10.1. The minimum Gasteiger partial charge on any atom is -0.472 e. The molecule has 13 heteroatoms. The minimum atomic E-state index is -3.58. The van der Waals surface area contributed by atoms with Gasteiger partial charge in [-0.1, -0.05) is 22.8 Å². The van der Waals surface area contributed by atoms with Gasteiger partial charge in [0.1, 0.15) is 18.1 Å². The van der Waals surface area contributed by atoms with Gasteiger partial charge >= 0.3 is 0 Å². The maximum atomic E-state index is 13.2. The standard InChI is InChI=1S/C14H17ClFN5O5S/c1-17-27(23,24)21(2)5-6-25-14-13(19-26-20-14)12(18-22)8-9-3-4-11(16)10(15)7-9/h3-4,7,17,22H,5-6,8H2,1-2H3. The lowest BCUT2D eigenvalue weighted by Gasteiger charge is -2.15. The van der Waals surface area contributed by atoms with Crippen molar-refractivity contribution in [2.45, 2.75) is 6.42 Å². The van der Waals surface area contributed by atoms with Gasteiger partial charge in [-0.15, -0.1) is 0 Å². The second-order valence-electron chi connectivity index (χ2n) is 5.27. The Morgan fingerprint density at radius 2 is 2.22 bits per heavy atom. The molecule has 0 saturated carbocycles. The maximum absolute atomic E-state index is 13.2. The zero-order valence-electron chi connectivity index (χ0n) is 14.4. The summed E-state index contributed by atoms with van der Waals surface area (Å²) in [5.41, 5.74) is 0.630. The summed E-state index contributed by atoms with van der Waals surface area (Å²) in [6, 6.07) is 4.04. The highest BCUT2D eigenvalue weighted by Gasteiger charge is 2.21. The Bertz CT molecular complexity index is 920. The fourth-order valence-electron chi connectivity index (χ4n) is 2.01. The van der Waals surface area contributed by atoms with Crippen molar-refractivity contribution < 1.29 is 27.4 Å². The summed E-state index contributed by atoms with van der Waals surface area (Å²) in [6.07, 6.45) is 0.0507. The fraction of sp³-hybridized carbons (Fsp3) is 0.357.